The summed E-state index contributed by atoms with van der Waals surface area (Å²) in [7, 11) is 0. The molecule has 41 heavy (non-hydrogen) atoms. The Kier molecular flexibility index (Phi) is 8.46. The van der Waals surface area contributed by atoms with Crippen molar-refractivity contribution in [1.29, 1.82) is 0 Å². The summed E-state index contributed by atoms with van der Waals surface area (Å²) in [4.78, 5) is 51.1. The number of hydrogen-bond donors (Lipinski definition) is 1. The van der Waals surface area contributed by atoms with E-state index in [0.717, 1.165) is 5.56 Å². The van der Waals surface area contributed by atoms with E-state index >= 15 is 0 Å². The van der Waals surface area contributed by atoms with Gasteiger partial charge in [-0.05, 0) is 53.5 Å². The molecule has 1 aromatic carbocycles. The quantitative estimate of drug-likeness (QED) is 0.236. The van der Waals surface area contributed by atoms with Gasteiger partial charge < -0.3 is 19.3 Å². The van der Waals surface area contributed by atoms with Crippen LogP contribution in [0.15, 0.2) is 59.7 Å². The van der Waals surface area contributed by atoms with Crippen molar-refractivity contribution in [2.45, 2.75) is 85.2 Å². The van der Waals surface area contributed by atoms with E-state index in [1.807, 2.05) is 51.1 Å². The summed E-state index contributed by atoms with van der Waals surface area (Å²) in [6.07, 6.45) is -0.0447. The van der Waals surface area contributed by atoms with Gasteiger partial charge in [0.25, 0.3) is 0 Å². The zero-order chi connectivity index (χ0) is 30.3. The van der Waals surface area contributed by atoms with Gasteiger partial charge in [0, 0.05) is 43.6 Å². The van der Waals surface area contributed by atoms with Crippen molar-refractivity contribution in [2.75, 3.05) is 0 Å². The van der Waals surface area contributed by atoms with Gasteiger partial charge in [-0.2, -0.15) is 0 Å². The van der Waals surface area contributed by atoms with E-state index in [4.69, 9.17) is 14.2 Å². The van der Waals surface area contributed by atoms with Gasteiger partial charge in [0.1, 0.15) is 24.4 Å². The summed E-state index contributed by atoms with van der Waals surface area (Å²) in [5, 5.41) is 11.9. The molecule has 220 valence electrons. The predicted molar refractivity (Wildman–Crippen MR) is 152 cm³/mol. The highest BCUT2D eigenvalue weighted by Crippen LogP contribution is 2.60. The second-order valence-corrected chi connectivity index (χ2v) is 12.3. The lowest BCUT2D eigenvalue weighted by Gasteiger charge is -2.59. The van der Waals surface area contributed by atoms with Gasteiger partial charge >= 0.3 is 17.9 Å². The van der Waals surface area contributed by atoms with E-state index in [9.17, 15) is 24.3 Å². The Morgan fingerprint density at radius 1 is 1.02 bits per heavy atom. The number of benzene rings is 1. The molecule has 0 radical (unpaired) electrons. The third kappa shape index (κ3) is 5.67. The molecule has 0 saturated heterocycles. The number of Topliss-reactive ketones (excluding diaryl/α,β-unsaturated/α-hetero) is 1. The lowest BCUT2D eigenvalue weighted by Crippen LogP contribution is -2.63. The van der Waals surface area contributed by atoms with Crippen LogP contribution in [0.25, 0.3) is 6.08 Å². The van der Waals surface area contributed by atoms with Crippen molar-refractivity contribution in [1.82, 2.24) is 0 Å². The van der Waals surface area contributed by atoms with Crippen LogP contribution in [0, 0.1) is 22.7 Å². The van der Waals surface area contributed by atoms with Crippen LogP contribution in [0.3, 0.4) is 0 Å². The Labute approximate surface area is 241 Å². The molecule has 8 heteroatoms. The first kappa shape index (κ1) is 30.4. The fourth-order valence-electron chi connectivity index (χ4n) is 7.39. The summed E-state index contributed by atoms with van der Waals surface area (Å²) in [6.45, 7) is 14.3. The number of ketones is 1. The third-order valence-corrected chi connectivity index (χ3v) is 9.34. The van der Waals surface area contributed by atoms with Gasteiger partial charge in [-0.25, -0.2) is 4.79 Å². The van der Waals surface area contributed by atoms with Gasteiger partial charge in [-0.15, -0.1) is 0 Å². The lowest BCUT2D eigenvalue weighted by molar-refractivity contribution is -0.196. The van der Waals surface area contributed by atoms with Crippen molar-refractivity contribution in [3.8, 4) is 0 Å². The number of aliphatic hydroxyl groups is 1. The monoisotopic (exact) mass is 564 g/mol. The van der Waals surface area contributed by atoms with Crippen molar-refractivity contribution in [3.05, 3.63) is 65.3 Å². The fourth-order valence-corrected chi connectivity index (χ4v) is 7.39. The minimum atomic E-state index is -1.27. The summed E-state index contributed by atoms with van der Waals surface area (Å²) in [6, 6.07) is 9.35. The molecule has 4 rings (SSSR count). The van der Waals surface area contributed by atoms with Gasteiger partial charge in [-0.1, -0.05) is 57.7 Å². The number of ether oxygens (including phenoxy) is 3. The molecule has 1 aromatic rings. The Morgan fingerprint density at radius 2 is 1.66 bits per heavy atom. The van der Waals surface area contributed by atoms with Crippen LogP contribution < -0.4 is 0 Å². The number of aliphatic hydroxyl groups excluding tert-OH is 1. The maximum Gasteiger partial charge on any atom is 0.331 e. The first-order valence-electron chi connectivity index (χ1n) is 14.1. The van der Waals surface area contributed by atoms with Crippen LogP contribution in [0.2, 0.25) is 0 Å². The Balaban J connectivity index is 1.80. The SMILES string of the molecule is C=C1C(OC(=O)C=Cc2ccccc2)CCC2(C)C(OC(C)=O)C(O)C3=C(C)C(=O)CC(C(OC(C)=O)C12)C3(C)C. The lowest BCUT2D eigenvalue weighted by atomic mass is 9.49. The maximum absolute atomic E-state index is 13.3. The Morgan fingerprint density at radius 3 is 2.27 bits per heavy atom. The number of fused-ring (bicyclic) bond motifs is 3. The molecule has 7 atom stereocenters. The van der Waals surface area contributed by atoms with Crippen LogP contribution in [0.5, 0.6) is 0 Å². The van der Waals surface area contributed by atoms with Crippen LogP contribution >= 0.6 is 0 Å². The molecule has 7 unspecified atom stereocenters. The number of hydrogen-bond acceptors (Lipinski definition) is 8. The second kappa shape index (κ2) is 11.4. The van der Waals surface area contributed by atoms with Crippen LogP contribution in [-0.4, -0.2) is 53.2 Å². The highest BCUT2D eigenvalue weighted by Gasteiger charge is 2.63. The van der Waals surface area contributed by atoms with E-state index in [2.05, 4.69) is 6.58 Å². The average Bonchev–Trinajstić information content (AvgIpc) is 2.89. The zero-order valence-corrected chi connectivity index (χ0v) is 24.6. The number of allylic oxidation sites excluding steroid dienone is 1. The molecular weight excluding hydrogens is 524 g/mol. The first-order valence-corrected chi connectivity index (χ1v) is 14.1. The van der Waals surface area contributed by atoms with Gasteiger partial charge in [0.15, 0.2) is 5.78 Å². The molecule has 2 bridgehead atoms. The Hall–Kier alpha value is -3.52. The highest BCUT2D eigenvalue weighted by atomic mass is 16.6. The molecule has 0 heterocycles. The van der Waals surface area contributed by atoms with Crippen molar-refractivity contribution < 1.29 is 38.5 Å². The largest absolute Gasteiger partial charge is 0.462 e. The minimum absolute atomic E-state index is 0.107. The Bertz CT molecular complexity index is 1310. The molecule has 2 saturated carbocycles. The van der Waals surface area contributed by atoms with Gasteiger partial charge in [0.05, 0.1) is 0 Å². The predicted octanol–water partition coefficient (Wildman–Crippen LogP) is 4.75. The fraction of sp³-hybridized carbons (Fsp3) is 0.515. The maximum atomic E-state index is 13.3. The first-order chi connectivity index (χ1) is 19.2. The highest BCUT2D eigenvalue weighted by molar-refractivity contribution is 5.97. The number of rotatable bonds is 5. The molecular formula is C33H40O8. The van der Waals surface area contributed by atoms with E-state index < -0.39 is 65.0 Å². The average molecular weight is 565 g/mol. The molecule has 0 aromatic heterocycles. The molecule has 0 amide bonds. The summed E-state index contributed by atoms with van der Waals surface area (Å²) >= 11 is 0. The van der Waals surface area contributed by atoms with Crippen LogP contribution in [0.1, 0.15) is 66.4 Å². The second-order valence-electron chi connectivity index (χ2n) is 12.3. The van der Waals surface area contributed by atoms with Crippen LogP contribution in [-0.2, 0) is 33.4 Å². The van der Waals surface area contributed by atoms with Gasteiger partial charge in [-0.3, -0.25) is 14.4 Å². The van der Waals surface area contributed by atoms with E-state index in [-0.39, 0.29) is 12.2 Å². The zero-order valence-electron chi connectivity index (χ0n) is 24.6. The normalized spacial score (nSPS) is 33.0. The number of carbonyl (C=O) groups excluding carboxylic acids is 4. The van der Waals surface area contributed by atoms with E-state index in [0.29, 0.717) is 29.6 Å². The van der Waals surface area contributed by atoms with Gasteiger partial charge in [0.2, 0.25) is 0 Å². The molecule has 3 aliphatic rings. The molecule has 8 nitrogen and oxygen atoms in total. The van der Waals surface area contributed by atoms with Crippen molar-refractivity contribution >= 4 is 29.8 Å². The summed E-state index contributed by atoms with van der Waals surface area (Å²) in [5.41, 5.74) is 0.522. The summed E-state index contributed by atoms with van der Waals surface area (Å²) in [5.74, 6) is -3.02. The number of carbonyl (C=O) groups is 4. The van der Waals surface area contributed by atoms with E-state index in [1.165, 1.54) is 19.9 Å². The van der Waals surface area contributed by atoms with Crippen LogP contribution in [0.4, 0.5) is 0 Å². The molecule has 1 N–H and O–H groups in total. The van der Waals surface area contributed by atoms with E-state index in [1.54, 1.807) is 13.0 Å². The molecule has 0 aliphatic heterocycles. The third-order valence-electron chi connectivity index (χ3n) is 9.34. The van der Waals surface area contributed by atoms with Crippen molar-refractivity contribution in [3.63, 3.8) is 0 Å². The topological polar surface area (TPSA) is 116 Å². The van der Waals surface area contributed by atoms with Crippen molar-refractivity contribution in [2.24, 2.45) is 22.7 Å². The minimum Gasteiger partial charge on any atom is -0.462 e. The smallest absolute Gasteiger partial charge is 0.331 e. The standard InChI is InChI=1S/C33H40O8/c1-18-24(36)17-23-30(39-20(3)34)28-19(2)25(41-26(37)14-13-22-11-9-8-10-12-22)15-16-33(28,7)31(40-21(4)35)29(38)27(18)32(23,5)6/h8-14,23,25,28-31,38H,2,15-17H2,1,3-7H3. The summed E-state index contributed by atoms with van der Waals surface area (Å²) < 4.78 is 17.8. The molecule has 2 fully saturated rings. The molecule has 3 aliphatic carbocycles. The molecule has 0 spiro atoms. The number of esters is 3.